The Balaban J connectivity index is 2.35. The largest absolute Gasteiger partial charge is 0.444 e. The predicted octanol–water partition coefficient (Wildman–Crippen LogP) is 4.97. The maximum atomic E-state index is 12.3. The second-order valence-electron chi connectivity index (χ2n) is 8.28. The van der Waals surface area contributed by atoms with Gasteiger partial charge in [-0.05, 0) is 52.4 Å². The molecular weight excluding hydrogens is 300 g/mol. The molecule has 1 amide bonds. The molecule has 2 unspecified atom stereocenters. The van der Waals surface area contributed by atoms with E-state index in [1.54, 1.807) is 0 Å². The molecule has 1 fully saturated rings. The Morgan fingerprint density at radius 3 is 2.46 bits per heavy atom. The average molecular weight is 341 g/mol. The molecule has 0 spiro atoms. The summed E-state index contributed by atoms with van der Waals surface area (Å²) in [5, 5.41) is 3.68. The first kappa shape index (κ1) is 21.3. The Bertz CT molecular complexity index is 352. The van der Waals surface area contributed by atoms with Gasteiger partial charge >= 0.3 is 6.09 Å². The van der Waals surface area contributed by atoms with E-state index < -0.39 is 5.60 Å². The van der Waals surface area contributed by atoms with Crippen LogP contribution in [0.2, 0.25) is 0 Å². The predicted molar refractivity (Wildman–Crippen MR) is 101 cm³/mol. The second kappa shape index (κ2) is 11.0. The Kier molecular flexibility index (Phi) is 9.72. The van der Waals surface area contributed by atoms with Crippen molar-refractivity contribution in [3.63, 3.8) is 0 Å². The van der Waals surface area contributed by atoms with E-state index in [2.05, 4.69) is 19.2 Å². The summed E-state index contributed by atoms with van der Waals surface area (Å²) in [6.45, 7) is 12.5. The molecule has 0 saturated heterocycles. The third-order valence-electron chi connectivity index (χ3n) is 4.75. The van der Waals surface area contributed by atoms with E-state index in [-0.39, 0.29) is 6.09 Å². The SMILES string of the molecule is CCCC1CCCC(NCCN(CCC)C(=O)OC(C)(C)C)CC1. The van der Waals surface area contributed by atoms with Crippen molar-refractivity contribution < 1.29 is 9.53 Å². The molecule has 0 bridgehead atoms. The molecule has 1 N–H and O–H groups in total. The molecule has 0 heterocycles. The summed E-state index contributed by atoms with van der Waals surface area (Å²) >= 11 is 0. The van der Waals surface area contributed by atoms with Gasteiger partial charge in [-0.25, -0.2) is 4.79 Å². The van der Waals surface area contributed by atoms with E-state index in [0.717, 1.165) is 32.0 Å². The standard InChI is InChI=1S/C20H40N2O2/c1-6-9-17-10-8-11-18(13-12-17)21-14-16-22(15-7-2)19(23)24-20(3,4)5/h17-18,21H,6-16H2,1-5H3. The van der Waals surface area contributed by atoms with Crippen molar-refractivity contribution in [1.29, 1.82) is 0 Å². The summed E-state index contributed by atoms with van der Waals surface area (Å²) < 4.78 is 5.52. The van der Waals surface area contributed by atoms with Gasteiger partial charge in [0, 0.05) is 25.7 Å². The number of hydrogen-bond donors (Lipinski definition) is 1. The van der Waals surface area contributed by atoms with E-state index in [0.29, 0.717) is 6.04 Å². The topological polar surface area (TPSA) is 41.6 Å². The molecule has 2 atom stereocenters. The van der Waals surface area contributed by atoms with Crippen molar-refractivity contribution in [3.05, 3.63) is 0 Å². The van der Waals surface area contributed by atoms with Crippen LogP contribution in [0.15, 0.2) is 0 Å². The van der Waals surface area contributed by atoms with Crippen molar-refractivity contribution in [2.45, 2.75) is 97.6 Å². The molecule has 1 aliphatic rings. The molecule has 0 aliphatic heterocycles. The molecule has 24 heavy (non-hydrogen) atoms. The normalized spacial score (nSPS) is 22.0. The number of nitrogens with one attached hydrogen (secondary N) is 1. The second-order valence-corrected chi connectivity index (χ2v) is 8.28. The van der Waals surface area contributed by atoms with Crippen molar-refractivity contribution in [2.24, 2.45) is 5.92 Å². The van der Waals surface area contributed by atoms with Crippen molar-refractivity contribution in [3.8, 4) is 0 Å². The summed E-state index contributed by atoms with van der Waals surface area (Å²) in [4.78, 5) is 14.1. The molecule has 4 nitrogen and oxygen atoms in total. The van der Waals surface area contributed by atoms with Crippen LogP contribution in [-0.2, 0) is 4.74 Å². The van der Waals surface area contributed by atoms with Gasteiger partial charge < -0.3 is 15.0 Å². The Labute approximate surface area is 149 Å². The molecule has 0 aromatic heterocycles. The lowest BCUT2D eigenvalue weighted by Crippen LogP contribution is -2.42. The van der Waals surface area contributed by atoms with Crippen LogP contribution in [0, 0.1) is 5.92 Å². The van der Waals surface area contributed by atoms with Crippen LogP contribution < -0.4 is 5.32 Å². The molecular formula is C20H40N2O2. The highest BCUT2D eigenvalue weighted by molar-refractivity contribution is 5.68. The zero-order valence-corrected chi connectivity index (χ0v) is 16.7. The van der Waals surface area contributed by atoms with E-state index >= 15 is 0 Å². The van der Waals surface area contributed by atoms with Crippen LogP contribution in [0.25, 0.3) is 0 Å². The number of hydrogen-bond acceptors (Lipinski definition) is 3. The zero-order chi connectivity index (χ0) is 18.0. The highest BCUT2D eigenvalue weighted by Crippen LogP contribution is 2.26. The Hall–Kier alpha value is -0.770. The first-order valence-corrected chi connectivity index (χ1v) is 10.1. The maximum Gasteiger partial charge on any atom is 0.410 e. The number of amides is 1. The van der Waals surface area contributed by atoms with Crippen LogP contribution in [0.4, 0.5) is 4.79 Å². The summed E-state index contributed by atoms with van der Waals surface area (Å²) in [6, 6.07) is 0.619. The van der Waals surface area contributed by atoms with E-state index in [4.69, 9.17) is 4.74 Å². The summed E-state index contributed by atoms with van der Waals surface area (Å²) in [6.07, 6.45) is 10.1. The quantitative estimate of drug-likeness (QED) is 0.634. The lowest BCUT2D eigenvalue weighted by atomic mass is 9.95. The first-order chi connectivity index (χ1) is 11.4. The molecule has 4 heteroatoms. The molecule has 1 aliphatic carbocycles. The summed E-state index contributed by atoms with van der Waals surface area (Å²) in [5.41, 5.74) is -0.425. The summed E-state index contributed by atoms with van der Waals surface area (Å²) in [7, 11) is 0. The van der Waals surface area contributed by atoms with Crippen LogP contribution in [0.3, 0.4) is 0 Å². The van der Waals surface area contributed by atoms with Gasteiger partial charge in [0.05, 0.1) is 0 Å². The zero-order valence-electron chi connectivity index (χ0n) is 16.7. The molecule has 0 aromatic carbocycles. The van der Waals surface area contributed by atoms with Gasteiger partial charge in [0.15, 0.2) is 0 Å². The fourth-order valence-electron chi connectivity index (χ4n) is 3.57. The number of ether oxygens (including phenoxy) is 1. The molecule has 0 aromatic rings. The van der Waals surface area contributed by atoms with Gasteiger partial charge in [-0.3, -0.25) is 0 Å². The molecule has 1 rings (SSSR count). The van der Waals surface area contributed by atoms with Gasteiger partial charge in [0.2, 0.25) is 0 Å². The minimum Gasteiger partial charge on any atom is -0.444 e. The van der Waals surface area contributed by atoms with Crippen LogP contribution in [0.5, 0.6) is 0 Å². The average Bonchev–Trinajstić information content (AvgIpc) is 2.70. The van der Waals surface area contributed by atoms with Gasteiger partial charge in [0.1, 0.15) is 5.60 Å². The minimum atomic E-state index is -0.425. The van der Waals surface area contributed by atoms with Gasteiger partial charge in [0.25, 0.3) is 0 Å². The number of carbonyl (C=O) groups excluding carboxylic acids is 1. The van der Waals surface area contributed by atoms with Gasteiger partial charge in [-0.15, -0.1) is 0 Å². The number of rotatable bonds is 8. The lowest BCUT2D eigenvalue weighted by molar-refractivity contribution is 0.0250. The van der Waals surface area contributed by atoms with E-state index in [9.17, 15) is 4.79 Å². The van der Waals surface area contributed by atoms with Crippen LogP contribution >= 0.6 is 0 Å². The fourth-order valence-corrected chi connectivity index (χ4v) is 3.57. The number of carbonyl (C=O) groups is 1. The summed E-state index contributed by atoms with van der Waals surface area (Å²) in [5.74, 6) is 0.931. The third-order valence-corrected chi connectivity index (χ3v) is 4.75. The third kappa shape index (κ3) is 8.91. The minimum absolute atomic E-state index is 0.185. The van der Waals surface area contributed by atoms with E-state index in [1.807, 2.05) is 25.7 Å². The van der Waals surface area contributed by atoms with Crippen LogP contribution in [-0.4, -0.2) is 42.3 Å². The first-order valence-electron chi connectivity index (χ1n) is 10.1. The monoisotopic (exact) mass is 340 g/mol. The molecule has 142 valence electrons. The Morgan fingerprint density at radius 1 is 1.08 bits per heavy atom. The van der Waals surface area contributed by atoms with Gasteiger partial charge in [-0.1, -0.05) is 39.5 Å². The smallest absolute Gasteiger partial charge is 0.410 e. The molecule has 0 radical (unpaired) electrons. The lowest BCUT2D eigenvalue weighted by Gasteiger charge is -2.28. The van der Waals surface area contributed by atoms with E-state index in [1.165, 1.54) is 44.9 Å². The number of nitrogens with zero attached hydrogens (tertiary/aromatic N) is 1. The van der Waals surface area contributed by atoms with Gasteiger partial charge in [-0.2, -0.15) is 0 Å². The highest BCUT2D eigenvalue weighted by Gasteiger charge is 2.22. The van der Waals surface area contributed by atoms with Crippen molar-refractivity contribution >= 4 is 6.09 Å². The van der Waals surface area contributed by atoms with Crippen molar-refractivity contribution in [1.82, 2.24) is 10.2 Å². The van der Waals surface area contributed by atoms with Crippen molar-refractivity contribution in [2.75, 3.05) is 19.6 Å². The highest BCUT2D eigenvalue weighted by atomic mass is 16.6. The molecule has 1 saturated carbocycles. The van der Waals surface area contributed by atoms with Crippen LogP contribution in [0.1, 0.15) is 86.0 Å². The maximum absolute atomic E-state index is 12.3. The fraction of sp³-hybridized carbons (Fsp3) is 0.950. The Morgan fingerprint density at radius 2 is 1.83 bits per heavy atom.